The summed E-state index contributed by atoms with van der Waals surface area (Å²) in [4.78, 5) is 11.8. The molecule has 0 saturated carbocycles. The molecule has 1 amide bonds. The molecule has 0 unspecified atom stereocenters. The first-order chi connectivity index (χ1) is 11.1. The molecule has 0 bridgehead atoms. The maximum Gasteiger partial charge on any atom is 0.244 e. The standard InChI is InChI=1S/C17H18N2O4/c1-2-23-16-10-15(21)7-6-13(16)11-18-19-17(22)9-12-4-3-5-14(20)8-12/h3-8,10-11,20-21H,2,9H2,1H3,(H,19,22)/b18-11+. The number of phenolic OH excluding ortho intramolecular Hbond substituents is 2. The molecule has 0 spiro atoms. The summed E-state index contributed by atoms with van der Waals surface area (Å²) >= 11 is 0. The molecule has 0 atom stereocenters. The van der Waals surface area contributed by atoms with Gasteiger partial charge in [0.1, 0.15) is 17.2 Å². The van der Waals surface area contributed by atoms with E-state index in [4.69, 9.17) is 4.74 Å². The number of hydrogen-bond donors (Lipinski definition) is 3. The molecule has 2 aromatic carbocycles. The van der Waals surface area contributed by atoms with Crippen molar-refractivity contribution in [1.29, 1.82) is 0 Å². The number of benzene rings is 2. The largest absolute Gasteiger partial charge is 0.508 e. The molecule has 0 fully saturated rings. The van der Waals surface area contributed by atoms with Crippen molar-refractivity contribution in [1.82, 2.24) is 5.43 Å². The van der Waals surface area contributed by atoms with Gasteiger partial charge in [0.15, 0.2) is 0 Å². The van der Waals surface area contributed by atoms with Gasteiger partial charge in [0, 0.05) is 11.6 Å². The number of hydrogen-bond acceptors (Lipinski definition) is 5. The predicted molar refractivity (Wildman–Crippen MR) is 86.8 cm³/mol. The number of hydrazone groups is 1. The smallest absolute Gasteiger partial charge is 0.244 e. The molecular weight excluding hydrogens is 296 g/mol. The number of ether oxygens (including phenoxy) is 1. The average molecular weight is 314 g/mol. The summed E-state index contributed by atoms with van der Waals surface area (Å²) in [5.41, 5.74) is 3.75. The second-order valence-corrected chi connectivity index (χ2v) is 4.79. The van der Waals surface area contributed by atoms with Crippen LogP contribution in [0.3, 0.4) is 0 Å². The summed E-state index contributed by atoms with van der Waals surface area (Å²) < 4.78 is 5.39. The Labute approximate surface area is 134 Å². The molecule has 6 heteroatoms. The van der Waals surface area contributed by atoms with Gasteiger partial charge in [0.2, 0.25) is 5.91 Å². The molecule has 0 aliphatic carbocycles. The van der Waals surface area contributed by atoms with E-state index in [0.717, 1.165) is 0 Å². The van der Waals surface area contributed by atoms with Gasteiger partial charge in [0.25, 0.3) is 0 Å². The highest BCUT2D eigenvalue weighted by atomic mass is 16.5. The van der Waals surface area contributed by atoms with Crippen LogP contribution in [0.1, 0.15) is 18.1 Å². The van der Waals surface area contributed by atoms with Crippen molar-refractivity contribution in [2.75, 3.05) is 6.61 Å². The first kappa shape index (κ1) is 16.4. The summed E-state index contributed by atoms with van der Waals surface area (Å²) in [6, 6.07) is 11.1. The molecule has 0 aliphatic heterocycles. The maximum absolute atomic E-state index is 11.8. The van der Waals surface area contributed by atoms with Gasteiger partial charge in [-0.1, -0.05) is 12.1 Å². The first-order valence-electron chi connectivity index (χ1n) is 7.14. The Bertz CT molecular complexity index is 713. The van der Waals surface area contributed by atoms with Crippen LogP contribution < -0.4 is 10.2 Å². The van der Waals surface area contributed by atoms with Gasteiger partial charge < -0.3 is 14.9 Å². The number of phenols is 2. The second-order valence-electron chi connectivity index (χ2n) is 4.79. The summed E-state index contributed by atoms with van der Waals surface area (Å²) in [6.07, 6.45) is 1.56. The minimum Gasteiger partial charge on any atom is -0.508 e. The highest BCUT2D eigenvalue weighted by molar-refractivity contribution is 5.86. The van der Waals surface area contributed by atoms with Gasteiger partial charge in [-0.25, -0.2) is 5.43 Å². The highest BCUT2D eigenvalue weighted by Gasteiger charge is 2.04. The van der Waals surface area contributed by atoms with Crippen molar-refractivity contribution in [3.63, 3.8) is 0 Å². The molecule has 2 aromatic rings. The van der Waals surface area contributed by atoms with Crippen LogP contribution in [-0.2, 0) is 11.2 Å². The van der Waals surface area contributed by atoms with Crippen LogP contribution in [0.4, 0.5) is 0 Å². The van der Waals surface area contributed by atoms with E-state index >= 15 is 0 Å². The maximum atomic E-state index is 11.8. The Kier molecular flexibility index (Phi) is 5.57. The van der Waals surface area contributed by atoms with Crippen LogP contribution in [0.15, 0.2) is 47.6 Å². The van der Waals surface area contributed by atoms with Crippen molar-refractivity contribution in [3.8, 4) is 17.2 Å². The Morgan fingerprint density at radius 3 is 2.74 bits per heavy atom. The summed E-state index contributed by atoms with van der Waals surface area (Å²) in [7, 11) is 0. The highest BCUT2D eigenvalue weighted by Crippen LogP contribution is 2.22. The summed E-state index contributed by atoms with van der Waals surface area (Å²) in [5.74, 6) is 0.393. The number of carbonyl (C=O) groups excluding carboxylic acids is 1. The topological polar surface area (TPSA) is 91.2 Å². The molecule has 0 saturated heterocycles. The third kappa shape index (κ3) is 5.03. The van der Waals surface area contributed by atoms with Crippen LogP contribution >= 0.6 is 0 Å². The van der Waals surface area contributed by atoms with E-state index in [0.29, 0.717) is 23.5 Å². The summed E-state index contributed by atoms with van der Waals surface area (Å²) in [6.45, 7) is 2.29. The minimum absolute atomic E-state index is 0.0959. The molecule has 6 nitrogen and oxygen atoms in total. The lowest BCUT2D eigenvalue weighted by Gasteiger charge is -2.07. The molecule has 120 valence electrons. The second kappa shape index (κ2) is 7.84. The number of aromatic hydroxyl groups is 2. The lowest BCUT2D eigenvalue weighted by atomic mass is 10.1. The molecule has 0 radical (unpaired) electrons. The van der Waals surface area contributed by atoms with E-state index in [-0.39, 0.29) is 23.8 Å². The van der Waals surface area contributed by atoms with E-state index in [1.165, 1.54) is 24.4 Å². The van der Waals surface area contributed by atoms with Crippen LogP contribution in [-0.4, -0.2) is 28.9 Å². The van der Waals surface area contributed by atoms with E-state index in [2.05, 4.69) is 10.5 Å². The van der Waals surface area contributed by atoms with E-state index < -0.39 is 0 Å². The summed E-state index contributed by atoms with van der Waals surface area (Å²) in [5, 5.41) is 22.7. The van der Waals surface area contributed by atoms with Crippen molar-refractivity contribution in [2.45, 2.75) is 13.3 Å². The molecule has 23 heavy (non-hydrogen) atoms. The van der Waals surface area contributed by atoms with Crippen LogP contribution in [0.5, 0.6) is 17.2 Å². The number of rotatable bonds is 6. The fourth-order valence-electron chi connectivity index (χ4n) is 1.98. The number of nitrogens with one attached hydrogen (secondary N) is 1. The van der Waals surface area contributed by atoms with Crippen molar-refractivity contribution in [2.24, 2.45) is 5.10 Å². The molecule has 3 N–H and O–H groups in total. The van der Waals surface area contributed by atoms with Crippen molar-refractivity contribution in [3.05, 3.63) is 53.6 Å². The molecule has 2 rings (SSSR count). The van der Waals surface area contributed by atoms with E-state index in [1.54, 1.807) is 24.3 Å². The number of carbonyl (C=O) groups is 1. The zero-order valence-corrected chi connectivity index (χ0v) is 12.7. The van der Waals surface area contributed by atoms with Gasteiger partial charge in [-0.2, -0.15) is 5.10 Å². The van der Waals surface area contributed by atoms with Gasteiger partial charge in [0.05, 0.1) is 19.2 Å². The Morgan fingerprint density at radius 1 is 1.22 bits per heavy atom. The average Bonchev–Trinajstić information content (AvgIpc) is 2.50. The van der Waals surface area contributed by atoms with Gasteiger partial charge in [-0.05, 0) is 36.8 Å². The van der Waals surface area contributed by atoms with Crippen LogP contribution in [0.25, 0.3) is 0 Å². The Morgan fingerprint density at radius 2 is 2.00 bits per heavy atom. The quantitative estimate of drug-likeness (QED) is 0.563. The van der Waals surface area contributed by atoms with Crippen LogP contribution in [0.2, 0.25) is 0 Å². The fourth-order valence-corrected chi connectivity index (χ4v) is 1.98. The Hall–Kier alpha value is -3.02. The molecule has 0 aromatic heterocycles. The number of nitrogens with zero attached hydrogens (tertiary/aromatic N) is 1. The predicted octanol–water partition coefficient (Wildman–Crippen LogP) is 2.19. The fraction of sp³-hybridized carbons (Fsp3) is 0.176. The number of amides is 1. The molecular formula is C17H18N2O4. The molecule has 0 heterocycles. The zero-order valence-electron chi connectivity index (χ0n) is 12.7. The van der Waals surface area contributed by atoms with Crippen molar-refractivity contribution < 1.29 is 19.7 Å². The van der Waals surface area contributed by atoms with E-state index in [9.17, 15) is 15.0 Å². The SMILES string of the molecule is CCOc1cc(O)ccc1/C=N/NC(=O)Cc1cccc(O)c1. The lowest BCUT2D eigenvalue weighted by Crippen LogP contribution is -2.19. The third-order valence-electron chi connectivity index (χ3n) is 2.97. The zero-order chi connectivity index (χ0) is 16.7. The van der Waals surface area contributed by atoms with E-state index in [1.807, 2.05) is 6.92 Å². The monoisotopic (exact) mass is 314 g/mol. The third-order valence-corrected chi connectivity index (χ3v) is 2.97. The lowest BCUT2D eigenvalue weighted by molar-refractivity contribution is -0.120. The molecule has 0 aliphatic rings. The van der Waals surface area contributed by atoms with Crippen LogP contribution in [0, 0.1) is 0 Å². The normalized spacial score (nSPS) is 10.7. The Balaban J connectivity index is 1.97. The first-order valence-corrected chi connectivity index (χ1v) is 7.14. The van der Waals surface area contributed by atoms with Gasteiger partial charge in [-0.3, -0.25) is 4.79 Å². The van der Waals surface area contributed by atoms with Gasteiger partial charge >= 0.3 is 0 Å². The van der Waals surface area contributed by atoms with Crippen molar-refractivity contribution >= 4 is 12.1 Å². The van der Waals surface area contributed by atoms with Gasteiger partial charge in [-0.15, -0.1) is 0 Å². The minimum atomic E-state index is -0.302.